The van der Waals surface area contributed by atoms with Crippen molar-refractivity contribution in [1.29, 1.82) is 0 Å². The van der Waals surface area contributed by atoms with Gasteiger partial charge in [-0.2, -0.15) is 8.78 Å². The number of anilines is 1. The third-order valence-corrected chi connectivity index (χ3v) is 5.78. The number of ether oxygens (including phenoxy) is 2. The zero-order valence-corrected chi connectivity index (χ0v) is 18.5. The third-order valence-electron chi connectivity index (χ3n) is 4.84. The van der Waals surface area contributed by atoms with Crippen molar-refractivity contribution < 1.29 is 27.8 Å². The second-order valence-electron chi connectivity index (χ2n) is 7.34. The topological polar surface area (TPSA) is 80.2 Å². The molecule has 33 heavy (non-hydrogen) atoms. The largest absolute Gasteiger partial charge is 0.497 e. The van der Waals surface area contributed by atoms with E-state index in [4.69, 9.17) is 4.74 Å². The Labute approximate surface area is 193 Å². The van der Waals surface area contributed by atoms with E-state index in [0.29, 0.717) is 16.6 Å². The average molecular weight is 474 g/mol. The number of amides is 2. The van der Waals surface area contributed by atoms with E-state index < -0.39 is 12.5 Å². The lowest BCUT2D eigenvalue weighted by Crippen LogP contribution is -2.32. The number of rotatable bonds is 8. The SMILES string of the molecule is COc1ccc(/C=C2\N=C(SCC(=O)NC3CC3)N(c3ccc(OC(F)F)cc3)C2=O)cc1. The van der Waals surface area contributed by atoms with Crippen LogP contribution in [0.15, 0.2) is 59.2 Å². The van der Waals surface area contributed by atoms with Gasteiger partial charge in [0.2, 0.25) is 5.91 Å². The predicted octanol–water partition coefficient (Wildman–Crippen LogP) is 4.05. The number of halogens is 2. The van der Waals surface area contributed by atoms with Crippen LogP contribution in [0.3, 0.4) is 0 Å². The van der Waals surface area contributed by atoms with Crippen LogP contribution in [0.2, 0.25) is 0 Å². The summed E-state index contributed by atoms with van der Waals surface area (Å²) in [6, 6.07) is 13.0. The Morgan fingerprint density at radius 3 is 2.45 bits per heavy atom. The Morgan fingerprint density at radius 1 is 1.18 bits per heavy atom. The van der Waals surface area contributed by atoms with Crippen molar-refractivity contribution in [2.45, 2.75) is 25.5 Å². The number of hydrogen-bond donors (Lipinski definition) is 1. The van der Waals surface area contributed by atoms with Crippen molar-refractivity contribution in [2.24, 2.45) is 4.99 Å². The first kappa shape index (κ1) is 22.8. The van der Waals surface area contributed by atoms with Gasteiger partial charge in [-0.15, -0.1) is 0 Å². The molecule has 10 heteroatoms. The zero-order valence-electron chi connectivity index (χ0n) is 17.7. The fourth-order valence-corrected chi connectivity index (χ4v) is 3.91. The molecule has 0 bridgehead atoms. The second kappa shape index (κ2) is 10.0. The van der Waals surface area contributed by atoms with Gasteiger partial charge in [-0.3, -0.25) is 14.5 Å². The number of benzene rings is 2. The minimum atomic E-state index is -2.94. The molecular weight excluding hydrogens is 452 g/mol. The highest BCUT2D eigenvalue weighted by molar-refractivity contribution is 8.14. The number of alkyl halides is 2. The monoisotopic (exact) mass is 473 g/mol. The molecule has 0 atom stereocenters. The molecule has 172 valence electrons. The summed E-state index contributed by atoms with van der Waals surface area (Å²) < 4.78 is 34.5. The molecule has 1 aliphatic heterocycles. The van der Waals surface area contributed by atoms with Crippen LogP contribution < -0.4 is 19.7 Å². The maximum absolute atomic E-state index is 13.2. The summed E-state index contributed by atoms with van der Waals surface area (Å²) in [5.41, 5.74) is 1.37. The summed E-state index contributed by atoms with van der Waals surface area (Å²) in [7, 11) is 1.57. The van der Waals surface area contributed by atoms with Gasteiger partial charge in [-0.05, 0) is 60.9 Å². The maximum atomic E-state index is 13.2. The van der Waals surface area contributed by atoms with Gasteiger partial charge in [0.1, 0.15) is 17.2 Å². The molecule has 0 saturated heterocycles. The van der Waals surface area contributed by atoms with Crippen molar-refractivity contribution in [3.63, 3.8) is 0 Å². The van der Waals surface area contributed by atoms with E-state index in [9.17, 15) is 18.4 Å². The normalized spacial score (nSPS) is 16.8. The van der Waals surface area contributed by atoms with Crippen molar-refractivity contribution >= 4 is 40.5 Å². The van der Waals surface area contributed by atoms with Gasteiger partial charge in [0.25, 0.3) is 5.91 Å². The van der Waals surface area contributed by atoms with E-state index in [-0.39, 0.29) is 29.1 Å². The number of carbonyl (C=O) groups is 2. The second-order valence-corrected chi connectivity index (χ2v) is 8.28. The van der Waals surface area contributed by atoms with Gasteiger partial charge in [0.05, 0.1) is 18.6 Å². The molecular formula is C23H21F2N3O4S. The molecule has 2 aliphatic rings. The fourth-order valence-electron chi connectivity index (χ4n) is 3.08. The Balaban J connectivity index is 1.57. The van der Waals surface area contributed by atoms with Gasteiger partial charge in [-0.25, -0.2) is 4.99 Å². The molecule has 0 unspecified atom stereocenters. The third kappa shape index (κ3) is 5.89. The first-order valence-electron chi connectivity index (χ1n) is 10.2. The van der Waals surface area contributed by atoms with E-state index in [1.54, 1.807) is 37.5 Å². The number of carbonyl (C=O) groups excluding carboxylic acids is 2. The van der Waals surface area contributed by atoms with Crippen LogP contribution >= 0.6 is 11.8 Å². The minimum absolute atomic E-state index is 0.0238. The molecule has 7 nitrogen and oxygen atoms in total. The van der Waals surface area contributed by atoms with Crippen molar-refractivity contribution in [2.75, 3.05) is 17.8 Å². The molecule has 4 rings (SSSR count). The number of nitrogens with zero attached hydrogens (tertiary/aromatic N) is 2. The Kier molecular flexibility index (Phi) is 6.93. The van der Waals surface area contributed by atoms with E-state index >= 15 is 0 Å². The summed E-state index contributed by atoms with van der Waals surface area (Å²) in [6.45, 7) is -2.94. The Morgan fingerprint density at radius 2 is 1.85 bits per heavy atom. The highest BCUT2D eigenvalue weighted by Crippen LogP contribution is 2.31. The first-order valence-corrected chi connectivity index (χ1v) is 11.2. The summed E-state index contributed by atoms with van der Waals surface area (Å²) in [4.78, 5) is 31.2. The molecule has 1 fully saturated rings. The first-order chi connectivity index (χ1) is 15.9. The predicted molar refractivity (Wildman–Crippen MR) is 123 cm³/mol. The molecule has 1 heterocycles. The maximum Gasteiger partial charge on any atom is 0.387 e. The van der Waals surface area contributed by atoms with E-state index in [1.807, 2.05) is 0 Å². The number of nitrogens with one attached hydrogen (secondary N) is 1. The van der Waals surface area contributed by atoms with Crippen LogP contribution in [0, 0.1) is 0 Å². The van der Waals surface area contributed by atoms with Crippen molar-refractivity contribution in [1.82, 2.24) is 5.32 Å². The minimum Gasteiger partial charge on any atom is -0.497 e. The highest BCUT2D eigenvalue weighted by Gasteiger charge is 2.33. The zero-order chi connectivity index (χ0) is 23.4. The van der Waals surface area contributed by atoms with Crippen LogP contribution in [-0.4, -0.2) is 42.5 Å². The number of hydrogen-bond acceptors (Lipinski definition) is 6. The average Bonchev–Trinajstić information content (AvgIpc) is 3.56. The van der Waals surface area contributed by atoms with E-state index in [2.05, 4.69) is 15.0 Å². The molecule has 1 N–H and O–H groups in total. The van der Waals surface area contributed by atoms with Gasteiger partial charge < -0.3 is 14.8 Å². The molecule has 2 amide bonds. The molecule has 0 aromatic heterocycles. The van der Waals surface area contributed by atoms with Gasteiger partial charge in [0.15, 0.2) is 5.17 Å². The Hall–Kier alpha value is -3.40. The van der Waals surface area contributed by atoms with Gasteiger partial charge in [-0.1, -0.05) is 23.9 Å². The number of aliphatic imine (C=N–C) groups is 1. The molecule has 1 saturated carbocycles. The summed E-state index contributed by atoms with van der Waals surface area (Å²) in [5.74, 6) is 0.235. The van der Waals surface area contributed by atoms with Crippen molar-refractivity contribution in [3.8, 4) is 11.5 Å². The molecule has 2 aromatic rings. The molecule has 0 spiro atoms. The lowest BCUT2D eigenvalue weighted by Gasteiger charge is -2.18. The standard InChI is InChI=1S/C23H21F2N3O4S/c1-31-17-8-2-14(3-9-17)12-19-21(30)28(16-6-10-18(11-7-16)32-22(24)25)23(27-19)33-13-20(29)26-15-4-5-15/h2-3,6-12,15,22H,4-5,13H2,1H3,(H,26,29)/b19-12-. The van der Waals surface area contributed by atoms with Crippen LogP contribution in [0.25, 0.3) is 6.08 Å². The van der Waals surface area contributed by atoms with Crippen LogP contribution in [-0.2, 0) is 9.59 Å². The fraction of sp³-hybridized carbons (Fsp3) is 0.261. The lowest BCUT2D eigenvalue weighted by atomic mass is 10.2. The molecule has 2 aromatic carbocycles. The Bertz CT molecular complexity index is 1080. The molecule has 0 radical (unpaired) electrons. The smallest absolute Gasteiger partial charge is 0.387 e. The number of amidine groups is 1. The van der Waals surface area contributed by atoms with E-state index in [0.717, 1.165) is 30.2 Å². The quantitative estimate of drug-likeness (QED) is 0.585. The molecule has 1 aliphatic carbocycles. The van der Waals surface area contributed by atoms with Crippen LogP contribution in [0.4, 0.5) is 14.5 Å². The highest BCUT2D eigenvalue weighted by atomic mass is 32.2. The van der Waals surface area contributed by atoms with Gasteiger partial charge in [0, 0.05) is 6.04 Å². The van der Waals surface area contributed by atoms with Crippen molar-refractivity contribution in [3.05, 3.63) is 59.8 Å². The van der Waals surface area contributed by atoms with Crippen LogP contribution in [0.5, 0.6) is 11.5 Å². The van der Waals surface area contributed by atoms with Crippen LogP contribution in [0.1, 0.15) is 18.4 Å². The summed E-state index contributed by atoms with van der Waals surface area (Å²) >= 11 is 1.13. The lowest BCUT2D eigenvalue weighted by molar-refractivity contribution is -0.118. The van der Waals surface area contributed by atoms with E-state index in [1.165, 1.54) is 29.2 Å². The summed E-state index contributed by atoms with van der Waals surface area (Å²) in [5, 5.41) is 3.23. The number of methoxy groups -OCH3 is 1. The summed E-state index contributed by atoms with van der Waals surface area (Å²) in [6.07, 6.45) is 3.59. The number of thioether (sulfide) groups is 1. The van der Waals surface area contributed by atoms with Gasteiger partial charge >= 0.3 is 6.61 Å².